The topological polar surface area (TPSA) is 23.9 Å². The molecule has 0 radical (unpaired) electrons. The second-order valence-corrected chi connectivity index (χ2v) is 2.53. The van der Waals surface area contributed by atoms with Gasteiger partial charge in [-0.25, -0.2) is 0 Å². The zero-order valence-electron chi connectivity index (χ0n) is 5.69. The highest BCUT2D eigenvalue weighted by atomic mass is 14.4. The molecule has 0 aromatic rings. The van der Waals surface area contributed by atoms with E-state index in [9.17, 15) is 0 Å². The van der Waals surface area contributed by atoms with E-state index in [1.165, 1.54) is 25.7 Å². The molecule has 50 valence electrons. The molecule has 0 aromatic heterocycles. The maximum Gasteiger partial charge on any atom is 0.0310 e. The Balaban J connectivity index is 2.39. The summed E-state index contributed by atoms with van der Waals surface area (Å²) >= 11 is 0. The quantitative estimate of drug-likeness (QED) is 0.511. The Bertz CT molecular complexity index is 125. The molecule has 1 heteroatoms. The molecule has 0 aromatic carbocycles. The third-order valence-corrected chi connectivity index (χ3v) is 1.64. The minimum Gasteiger partial charge on any atom is -0.305 e. The Labute approximate surface area is 56.3 Å². The second kappa shape index (κ2) is 3.44. The molecule has 0 saturated carbocycles. The summed E-state index contributed by atoms with van der Waals surface area (Å²) in [4.78, 5) is 0. The lowest BCUT2D eigenvalue weighted by atomic mass is 10.1. The van der Waals surface area contributed by atoms with Crippen LogP contribution in [0, 0.1) is 5.41 Å². The van der Waals surface area contributed by atoms with E-state index in [1.54, 1.807) is 0 Å². The summed E-state index contributed by atoms with van der Waals surface area (Å²) in [5.41, 5.74) is 0.801. The van der Waals surface area contributed by atoms with Crippen molar-refractivity contribution in [1.29, 1.82) is 5.41 Å². The molecular weight excluding hydrogens is 110 g/mol. The van der Waals surface area contributed by atoms with Crippen LogP contribution in [0.5, 0.6) is 0 Å². The van der Waals surface area contributed by atoms with Crippen LogP contribution >= 0.6 is 0 Å². The van der Waals surface area contributed by atoms with Crippen molar-refractivity contribution in [2.75, 3.05) is 0 Å². The molecule has 1 aliphatic carbocycles. The Morgan fingerprint density at radius 2 is 2.11 bits per heavy atom. The zero-order valence-corrected chi connectivity index (χ0v) is 5.69. The third kappa shape index (κ3) is 2.45. The van der Waals surface area contributed by atoms with Crippen molar-refractivity contribution in [3.63, 3.8) is 0 Å². The minimum atomic E-state index is 0.801. The van der Waals surface area contributed by atoms with Crippen LogP contribution in [0.25, 0.3) is 0 Å². The van der Waals surface area contributed by atoms with Gasteiger partial charge in [0, 0.05) is 5.71 Å². The van der Waals surface area contributed by atoms with E-state index in [1.807, 2.05) is 6.08 Å². The molecule has 0 amide bonds. The van der Waals surface area contributed by atoms with Gasteiger partial charge in [-0.1, -0.05) is 12.5 Å². The summed E-state index contributed by atoms with van der Waals surface area (Å²) in [7, 11) is 0. The monoisotopic (exact) mass is 123 g/mol. The Morgan fingerprint density at radius 1 is 1.22 bits per heavy atom. The molecule has 0 bridgehead atoms. The SMILES string of the molecule is N=C1/C=C\CCCCC1. The van der Waals surface area contributed by atoms with Gasteiger partial charge in [0.15, 0.2) is 0 Å². The van der Waals surface area contributed by atoms with E-state index in [4.69, 9.17) is 5.41 Å². The van der Waals surface area contributed by atoms with Crippen molar-refractivity contribution >= 4 is 5.71 Å². The van der Waals surface area contributed by atoms with Crippen LogP contribution in [0.4, 0.5) is 0 Å². The lowest BCUT2D eigenvalue weighted by Gasteiger charge is -2.01. The molecule has 0 heterocycles. The van der Waals surface area contributed by atoms with Crippen LogP contribution in [-0.2, 0) is 0 Å². The number of allylic oxidation sites excluding steroid dienone is 2. The summed E-state index contributed by atoms with van der Waals surface area (Å²) in [5.74, 6) is 0. The minimum absolute atomic E-state index is 0.801. The molecule has 1 rings (SSSR count). The average molecular weight is 123 g/mol. The normalized spacial score (nSPS) is 24.7. The van der Waals surface area contributed by atoms with Gasteiger partial charge in [-0.2, -0.15) is 0 Å². The number of hydrogen-bond acceptors (Lipinski definition) is 1. The summed E-state index contributed by atoms with van der Waals surface area (Å²) < 4.78 is 0. The molecule has 0 saturated heterocycles. The molecule has 0 atom stereocenters. The smallest absolute Gasteiger partial charge is 0.0310 e. The molecule has 0 unspecified atom stereocenters. The first-order chi connectivity index (χ1) is 4.39. The lowest BCUT2D eigenvalue weighted by molar-refractivity contribution is 0.700. The molecule has 0 fully saturated rings. The van der Waals surface area contributed by atoms with E-state index in [-0.39, 0.29) is 0 Å². The summed E-state index contributed by atoms with van der Waals surface area (Å²) in [6.07, 6.45) is 10.0. The summed E-state index contributed by atoms with van der Waals surface area (Å²) in [6, 6.07) is 0. The maximum atomic E-state index is 7.34. The zero-order chi connectivity index (χ0) is 6.53. The largest absolute Gasteiger partial charge is 0.305 e. The number of nitrogens with one attached hydrogen (secondary N) is 1. The summed E-state index contributed by atoms with van der Waals surface area (Å²) in [6.45, 7) is 0. The molecule has 0 spiro atoms. The van der Waals surface area contributed by atoms with E-state index in [0.29, 0.717) is 0 Å². The van der Waals surface area contributed by atoms with Crippen molar-refractivity contribution < 1.29 is 0 Å². The predicted octanol–water partition coefficient (Wildman–Crippen LogP) is 2.53. The van der Waals surface area contributed by atoms with Gasteiger partial charge in [0.2, 0.25) is 0 Å². The first kappa shape index (κ1) is 6.53. The van der Waals surface area contributed by atoms with E-state index < -0.39 is 0 Å². The van der Waals surface area contributed by atoms with Crippen LogP contribution in [0.3, 0.4) is 0 Å². The molecule has 9 heavy (non-hydrogen) atoms. The van der Waals surface area contributed by atoms with E-state index >= 15 is 0 Å². The fourth-order valence-electron chi connectivity index (χ4n) is 1.06. The lowest BCUT2D eigenvalue weighted by Crippen LogP contribution is -1.93. The number of rotatable bonds is 0. The van der Waals surface area contributed by atoms with Gasteiger partial charge in [0.25, 0.3) is 0 Å². The van der Waals surface area contributed by atoms with Crippen LogP contribution < -0.4 is 0 Å². The Morgan fingerprint density at radius 3 is 3.00 bits per heavy atom. The fraction of sp³-hybridized carbons (Fsp3) is 0.625. The third-order valence-electron chi connectivity index (χ3n) is 1.64. The predicted molar refractivity (Wildman–Crippen MR) is 40.0 cm³/mol. The standard InChI is InChI=1S/C8H13N/c9-8-6-4-2-1-3-5-7-8/h4,6,9H,1-3,5,7H2/b6-4-,9-8?. The first-order valence-electron chi connectivity index (χ1n) is 3.63. The van der Waals surface area contributed by atoms with Crippen molar-refractivity contribution in [2.24, 2.45) is 0 Å². The van der Waals surface area contributed by atoms with Gasteiger partial charge in [-0.15, -0.1) is 0 Å². The maximum absolute atomic E-state index is 7.34. The van der Waals surface area contributed by atoms with Crippen molar-refractivity contribution in [3.05, 3.63) is 12.2 Å². The van der Waals surface area contributed by atoms with Gasteiger partial charge in [-0.3, -0.25) is 0 Å². The van der Waals surface area contributed by atoms with Gasteiger partial charge < -0.3 is 5.41 Å². The fourth-order valence-corrected chi connectivity index (χ4v) is 1.06. The van der Waals surface area contributed by atoms with Gasteiger partial charge >= 0.3 is 0 Å². The highest BCUT2D eigenvalue weighted by Crippen LogP contribution is 2.08. The molecule has 1 N–H and O–H groups in total. The van der Waals surface area contributed by atoms with Crippen LogP contribution in [-0.4, -0.2) is 5.71 Å². The molecule has 1 nitrogen and oxygen atoms in total. The summed E-state index contributed by atoms with van der Waals surface area (Å²) in [5, 5.41) is 7.34. The Hall–Kier alpha value is -0.590. The van der Waals surface area contributed by atoms with Crippen molar-refractivity contribution in [3.8, 4) is 0 Å². The molecular formula is C8H13N. The highest BCUT2D eigenvalue weighted by Gasteiger charge is 1.95. The first-order valence-corrected chi connectivity index (χ1v) is 3.63. The molecule has 0 aliphatic heterocycles. The highest BCUT2D eigenvalue weighted by molar-refractivity contribution is 5.92. The van der Waals surface area contributed by atoms with Crippen molar-refractivity contribution in [1.82, 2.24) is 0 Å². The van der Waals surface area contributed by atoms with Crippen LogP contribution in [0.15, 0.2) is 12.2 Å². The van der Waals surface area contributed by atoms with Gasteiger partial charge in [-0.05, 0) is 31.8 Å². The van der Waals surface area contributed by atoms with Gasteiger partial charge in [0.1, 0.15) is 0 Å². The molecule has 1 aliphatic rings. The average Bonchev–Trinajstić information content (AvgIpc) is 1.79. The van der Waals surface area contributed by atoms with Crippen LogP contribution in [0.1, 0.15) is 32.1 Å². The van der Waals surface area contributed by atoms with Gasteiger partial charge in [0.05, 0.1) is 0 Å². The second-order valence-electron chi connectivity index (χ2n) is 2.53. The van der Waals surface area contributed by atoms with E-state index in [0.717, 1.165) is 12.1 Å². The number of hydrogen-bond donors (Lipinski definition) is 1. The van der Waals surface area contributed by atoms with Crippen LogP contribution in [0.2, 0.25) is 0 Å². The Kier molecular flexibility index (Phi) is 2.49. The van der Waals surface area contributed by atoms with Crippen molar-refractivity contribution in [2.45, 2.75) is 32.1 Å². The van der Waals surface area contributed by atoms with E-state index in [2.05, 4.69) is 6.08 Å².